The van der Waals surface area contributed by atoms with Crippen molar-refractivity contribution in [1.82, 2.24) is 10.2 Å². The van der Waals surface area contributed by atoms with Gasteiger partial charge in [-0.15, -0.1) is 0 Å². The maximum atomic E-state index is 12.4. The van der Waals surface area contributed by atoms with Gasteiger partial charge in [-0.25, -0.2) is 0 Å². The number of hydrogen-bond donors (Lipinski definition) is 1. The predicted molar refractivity (Wildman–Crippen MR) is 79.0 cm³/mol. The van der Waals surface area contributed by atoms with Gasteiger partial charge in [-0.2, -0.15) is 0 Å². The summed E-state index contributed by atoms with van der Waals surface area (Å²) >= 11 is 0. The fourth-order valence-electron chi connectivity index (χ4n) is 3.54. The first-order chi connectivity index (χ1) is 8.86. The van der Waals surface area contributed by atoms with E-state index in [1.165, 1.54) is 32.1 Å². The second-order valence-electron chi connectivity index (χ2n) is 7.65. The van der Waals surface area contributed by atoms with Crippen molar-refractivity contribution >= 4 is 5.91 Å². The highest BCUT2D eigenvalue weighted by Crippen LogP contribution is 2.25. The van der Waals surface area contributed by atoms with Crippen molar-refractivity contribution in [3.05, 3.63) is 0 Å². The summed E-state index contributed by atoms with van der Waals surface area (Å²) in [6.45, 7) is 10.2. The molecule has 0 bridgehead atoms. The molecule has 2 atom stereocenters. The van der Waals surface area contributed by atoms with Crippen LogP contribution < -0.4 is 5.32 Å². The Bertz CT molecular complexity index is 315. The van der Waals surface area contributed by atoms with Gasteiger partial charge in [0.05, 0.1) is 0 Å². The van der Waals surface area contributed by atoms with E-state index in [1.54, 1.807) is 0 Å². The molecule has 2 unspecified atom stereocenters. The normalized spacial score (nSPS) is 29.8. The predicted octanol–water partition coefficient (Wildman–Crippen LogP) is 2.80. The minimum Gasteiger partial charge on any atom is -0.340 e. The van der Waals surface area contributed by atoms with Gasteiger partial charge in [-0.1, -0.05) is 40.5 Å². The van der Waals surface area contributed by atoms with Crippen molar-refractivity contribution in [2.75, 3.05) is 13.1 Å². The van der Waals surface area contributed by atoms with Gasteiger partial charge in [0.25, 0.3) is 0 Å². The molecule has 1 saturated heterocycles. The minimum absolute atomic E-state index is 0.255. The largest absolute Gasteiger partial charge is 0.340 e. The number of hydrogen-bond acceptors (Lipinski definition) is 2. The lowest BCUT2D eigenvalue weighted by Crippen LogP contribution is -2.54. The highest BCUT2D eigenvalue weighted by Gasteiger charge is 2.34. The molecule has 1 amide bonds. The van der Waals surface area contributed by atoms with E-state index in [4.69, 9.17) is 0 Å². The standard InChI is InChI=1S/C16H30N2O/c1-12-9-14(17-13-7-5-6-8-13)11-18(10-12)15(19)16(2,3)4/h12-14,17H,5-11H2,1-4H3. The second kappa shape index (κ2) is 5.82. The Labute approximate surface area is 118 Å². The van der Waals surface area contributed by atoms with Crippen molar-refractivity contribution in [3.8, 4) is 0 Å². The lowest BCUT2D eigenvalue weighted by molar-refractivity contribution is -0.141. The van der Waals surface area contributed by atoms with Crippen LogP contribution >= 0.6 is 0 Å². The van der Waals surface area contributed by atoms with Gasteiger partial charge in [-0.3, -0.25) is 4.79 Å². The summed E-state index contributed by atoms with van der Waals surface area (Å²) < 4.78 is 0. The van der Waals surface area contributed by atoms with Gasteiger partial charge in [-0.05, 0) is 25.2 Å². The zero-order valence-electron chi connectivity index (χ0n) is 13.0. The van der Waals surface area contributed by atoms with Crippen LogP contribution in [0.3, 0.4) is 0 Å². The Kier molecular flexibility index (Phi) is 4.54. The Hall–Kier alpha value is -0.570. The Morgan fingerprint density at radius 3 is 2.32 bits per heavy atom. The first-order valence-electron chi connectivity index (χ1n) is 7.91. The molecule has 1 aliphatic heterocycles. The summed E-state index contributed by atoms with van der Waals surface area (Å²) in [5, 5.41) is 3.79. The fraction of sp³-hybridized carbons (Fsp3) is 0.938. The lowest BCUT2D eigenvalue weighted by Gasteiger charge is -2.40. The van der Waals surface area contributed by atoms with Crippen LogP contribution in [-0.4, -0.2) is 36.0 Å². The third-order valence-corrected chi connectivity index (χ3v) is 4.42. The average molecular weight is 266 g/mol. The van der Waals surface area contributed by atoms with Gasteiger partial charge in [0, 0.05) is 30.6 Å². The molecule has 0 aromatic carbocycles. The summed E-state index contributed by atoms with van der Waals surface area (Å²) in [5.74, 6) is 0.913. The molecule has 0 aromatic heterocycles. The van der Waals surface area contributed by atoms with Crippen LogP contribution in [0.25, 0.3) is 0 Å². The van der Waals surface area contributed by atoms with Crippen LogP contribution in [0.4, 0.5) is 0 Å². The van der Waals surface area contributed by atoms with E-state index in [2.05, 4.69) is 17.1 Å². The monoisotopic (exact) mass is 266 g/mol. The van der Waals surface area contributed by atoms with Crippen LogP contribution in [-0.2, 0) is 4.79 Å². The van der Waals surface area contributed by atoms with Gasteiger partial charge in [0.2, 0.25) is 5.91 Å². The summed E-state index contributed by atoms with van der Waals surface area (Å²) in [5.41, 5.74) is -0.255. The molecule has 0 radical (unpaired) electrons. The molecule has 1 aliphatic carbocycles. The number of carbonyl (C=O) groups excluding carboxylic acids is 1. The summed E-state index contributed by atoms with van der Waals surface area (Å²) in [6, 6.07) is 1.19. The molecule has 0 spiro atoms. The Morgan fingerprint density at radius 1 is 1.11 bits per heavy atom. The first-order valence-corrected chi connectivity index (χ1v) is 7.91. The van der Waals surface area contributed by atoms with Crippen molar-refractivity contribution < 1.29 is 4.79 Å². The molecule has 110 valence electrons. The third kappa shape index (κ3) is 3.95. The highest BCUT2D eigenvalue weighted by molar-refractivity contribution is 5.81. The maximum Gasteiger partial charge on any atom is 0.228 e. The first kappa shape index (κ1) is 14.8. The molecule has 2 fully saturated rings. The minimum atomic E-state index is -0.255. The lowest BCUT2D eigenvalue weighted by atomic mass is 9.90. The van der Waals surface area contributed by atoms with E-state index in [0.29, 0.717) is 23.9 Å². The van der Waals surface area contributed by atoms with Crippen molar-refractivity contribution in [2.24, 2.45) is 11.3 Å². The zero-order valence-corrected chi connectivity index (χ0v) is 13.0. The topological polar surface area (TPSA) is 32.3 Å². The molecule has 2 rings (SSSR count). The van der Waals surface area contributed by atoms with Gasteiger partial charge >= 0.3 is 0 Å². The van der Waals surface area contributed by atoms with Crippen LogP contribution in [0.15, 0.2) is 0 Å². The highest BCUT2D eigenvalue weighted by atomic mass is 16.2. The quantitative estimate of drug-likeness (QED) is 0.833. The van der Waals surface area contributed by atoms with Gasteiger partial charge < -0.3 is 10.2 Å². The number of likely N-dealkylation sites (tertiary alicyclic amines) is 1. The van der Waals surface area contributed by atoms with Gasteiger partial charge in [0.15, 0.2) is 0 Å². The Balaban J connectivity index is 1.93. The Morgan fingerprint density at radius 2 is 1.74 bits per heavy atom. The van der Waals surface area contributed by atoms with Crippen LogP contribution in [0, 0.1) is 11.3 Å². The van der Waals surface area contributed by atoms with E-state index in [9.17, 15) is 4.79 Å². The van der Waals surface area contributed by atoms with E-state index in [0.717, 1.165) is 13.1 Å². The fourth-order valence-corrected chi connectivity index (χ4v) is 3.54. The van der Waals surface area contributed by atoms with E-state index >= 15 is 0 Å². The zero-order chi connectivity index (χ0) is 14.0. The molecule has 19 heavy (non-hydrogen) atoms. The smallest absolute Gasteiger partial charge is 0.228 e. The third-order valence-electron chi connectivity index (χ3n) is 4.42. The molecule has 1 heterocycles. The number of piperidine rings is 1. The molecule has 3 heteroatoms. The van der Waals surface area contributed by atoms with Gasteiger partial charge in [0.1, 0.15) is 0 Å². The summed E-state index contributed by atoms with van der Waals surface area (Å²) in [4.78, 5) is 14.5. The van der Waals surface area contributed by atoms with Crippen LogP contribution in [0.2, 0.25) is 0 Å². The second-order valence-corrected chi connectivity index (χ2v) is 7.65. The SMILES string of the molecule is CC1CC(NC2CCCC2)CN(C(=O)C(C)(C)C)C1. The van der Waals surface area contributed by atoms with E-state index < -0.39 is 0 Å². The summed E-state index contributed by atoms with van der Waals surface area (Å²) in [7, 11) is 0. The van der Waals surface area contributed by atoms with E-state index in [-0.39, 0.29) is 5.41 Å². The number of amides is 1. The van der Waals surface area contributed by atoms with Crippen LogP contribution in [0.1, 0.15) is 59.8 Å². The number of carbonyl (C=O) groups is 1. The maximum absolute atomic E-state index is 12.4. The van der Waals surface area contributed by atoms with Crippen molar-refractivity contribution in [1.29, 1.82) is 0 Å². The molecule has 2 aliphatic rings. The molecule has 1 N–H and O–H groups in total. The summed E-state index contributed by atoms with van der Waals surface area (Å²) in [6.07, 6.45) is 6.58. The molecule has 3 nitrogen and oxygen atoms in total. The average Bonchev–Trinajstić information content (AvgIpc) is 2.78. The molecule has 0 aromatic rings. The van der Waals surface area contributed by atoms with Crippen molar-refractivity contribution in [2.45, 2.75) is 71.9 Å². The van der Waals surface area contributed by atoms with Crippen molar-refractivity contribution in [3.63, 3.8) is 0 Å². The number of nitrogens with one attached hydrogen (secondary N) is 1. The number of nitrogens with zero attached hydrogens (tertiary/aromatic N) is 1. The molecular formula is C16H30N2O. The molecular weight excluding hydrogens is 236 g/mol. The molecule has 1 saturated carbocycles. The van der Waals surface area contributed by atoms with Crippen LogP contribution in [0.5, 0.6) is 0 Å². The number of rotatable bonds is 2. The van der Waals surface area contributed by atoms with E-state index in [1.807, 2.05) is 20.8 Å².